The molecule has 0 saturated heterocycles. The maximum absolute atomic E-state index is 8.77. The lowest BCUT2D eigenvalue weighted by molar-refractivity contribution is 0.548. The first kappa shape index (κ1) is 8.28. The summed E-state index contributed by atoms with van der Waals surface area (Å²) in [4.78, 5) is 4.07. The number of aromatic nitrogens is 1. The summed E-state index contributed by atoms with van der Waals surface area (Å²) < 4.78 is 5.27. The first-order chi connectivity index (χ1) is 6.85. The van der Waals surface area contributed by atoms with Crippen LogP contribution in [0.25, 0.3) is 11.1 Å². The molecule has 2 aromatic rings. The fourth-order valence-electron chi connectivity index (χ4n) is 1.23. The van der Waals surface area contributed by atoms with Crippen molar-refractivity contribution < 1.29 is 4.42 Å². The van der Waals surface area contributed by atoms with E-state index in [-0.39, 0.29) is 6.42 Å². The Hall–Kier alpha value is -2.33. The SMILES string of the molecule is N#CCc1nc2cccc(C#N)c2o1. The van der Waals surface area contributed by atoms with Crippen LogP contribution in [0.4, 0.5) is 0 Å². The van der Waals surface area contributed by atoms with E-state index in [4.69, 9.17) is 14.9 Å². The van der Waals surface area contributed by atoms with Gasteiger partial charge in [0, 0.05) is 0 Å². The van der Waals surface area contributed by atoms with Crippen LogP contribution in [0, 0.1) is 22.7 Å². The van der Waals surface area contributed by atoms with Crippen molar-refractivity contribution in [2.45, 2.75) is 6.42 Å². The van der Waals surface area contributed by atoms with Crippen LogP contribution in [0.5, 0.6) is 0 Å². The number of nitrogens with zero attached hydrogens (tertiary/aromatic N) is 3. The van der Waals surface area contributed by atoms with E-state index in [1.54, 1.807) is 18.2 Å². The number of benzene rings is 1. The van der Waals surface area contributed by atoms with Crippen LogP contribution in [0.2, 0.25) is 0 Å². The van der Waals surface area contributed by atoms with Gasteiger partial charge in [0.1, 0.15) is 18.0 Å². The van der Waals surface area contributed by atoms with Gasteiger partial charge in [0.25, 0.3) is 0 Å². The summed E-state index contributed by atoms with van der Waals surface area (Å²) in [5, 5.41) is 17.2. The van der Waals surface area contributed by atoms with E-state index < -0.39 is 0 Å². The predicted octanol–water partition coefficient (Wildman–Crippen LogP) is 1.77. The van der Waals surface area contributed by atoms with Crippen LogP contribution in [0.15, 0.2) is 22.6 Å². The van der Waals surface area contributed by atoms with Crippen LogP contribution in [0.3, 0.4) is 0 Å². The molecule has 1 heterocycles. The van der Waals surface area contributed by atoms with Crippen molar-refractivity contribution in [3.05, 3.63) is 29.7 Å². The predicted molar refractivity (Wildman–Crippen MR) is 48.0 cm³/mol. The van der Waals surface area contributed by atoms with E-state index in [9.17, 15) is 0 Å². The maximum atomic E-state index is 8.77. The number of fused-ring (bicyclic) bond motifs is 1. The van der Waals surface area contributed by atoms with Crippen LogP contribution in [-0.2, 0) is 6.42 Å². The minimum absolute atomic E-state index is 0.125. The van der Waals surface area contributed by atoms with Gasteiger partial charge < -0.3 is 4.42 Å². The van der Waals surface area contributed by atoms with Gasteiger partial charge in [-0.15, -0.1) is 0 Å². The second-order valence-corrected chi connectivity index (χ2v) is 2.71. The molecular weight excluding hydrogens is 178 g/mol. The van der Waals surface area contributed by atoms with Crippen molar-refractivity contribution in [3.63, 3.8) is 0 Å². The van der Waals surface area contributed by atoms with Crippen LogP contribution in [0.1, 0.15) is 11.5 Å². The molecule has 1 aromatic carbocycles. The average molecular weight is 183 g/mol. The van der Waals surface area contributed by atoms with Crippen molar-refractivity contribution in [1.82, 2.24) is 4.98 Å². The highest BCUT2D eigenvalue weighted by atomic mass is 16.3. The number of hydrogen-bond donors (Lipinski definition) is 0. The van der Waals surface area contributed by atoms with Crippen molar-refractivity contribution in [3.8, 4) is 12.1 Å². The summed E-state index contributed by atoms with van der Waals surface area (Å²) in [5.74, 6) is 0.352. The van der Waals surface area contributed by atoms with Crippen LogP contribution in [-0.4, -0.2) is 4.98 Å². The molecule has 4 heteroatoms. The highest BCUT2D eigenvalue weighted by Gasteiger charge is 2.08. The Morgan fingerprint density at radius 3 is 2.93 bits per heavy atom. The molecule has 66 valence electrons. The second kappa shape index (κ2) is 3.20. The third-order valence-corrected chi connectivity index (χ3v) is 1.81. The van der Waals surface area contributed by atoms with Crippen LogP contribution < -0.4 is 0 Å². The zero-order valence-corrected chi connectivity index (χ0v) is 7.19. The summed E-state index contributed by atoms with van der Waals surface area (Å²) in [6.07, 6.45) is 0.125. The smallest absolute Gasteiger partial charge is 0.209 e. The lowest BCUT2D eigenvalue weighted by Crippen LogP contribution is -1.77. The van der Waals surface area contributed by atoms with Crippen molar-refractivity contribution in [2.24, 2.45) is 0 Å². The van der Waals surface area contributed by atoms with E-state index in [0.717, 1.165) is 0 Å². The third kappa shape index (κ3) is 1.19. The summed E-state index contributed by atoms with van der Waals surface area (Å²) >= 11 is 0. The normalized spacial score (nSPS) is 9.57. The van der Waals surface area contributed by atoms with Gasteiger partial charge >= 0.3 is 0 Å². The lowest BCUT2D eigenvalue weighted by atomic mass is 10.2. The third-order valence-electron chi connectivity index (χ3n) is 1.81. The molecule has 14 heavy (non-hydrogen) atoms. The van der Waals surface area contributed by atoms with Crippen molar-refractivity contribution in [1.29, 1.82) is 10.5 Å². The first-order valence-corrected chi connectivity index (χ1v) is 4.00. The fourth-order valence-corrected chi connectivity index (χ4v) is 1.23. The molecule has 0 spiro atoms. The number of rotatable bonds is 1. The minimum Gasteiger partial charge on any atom is -0.438 e. The number of hydrogen-bond acceptors (Lipinski definition) is 4. The van der Waals surface area contributed by atoms with Gasteiger partial charge in [0.2, 0.25) is 5.89 Å². The molecule has 1 aromatic heterocycles. The van der Waals surface area contributed by atoms with E-state index in [1.165, 1.54) is 0 Å². The number of para-hydroxylation sites is 1. The number of nitriles is 2. The summed E-state index contributed by atoms with van der Waals surface area (Å²) in [5.41, 5.74) is 1.52. The monoisotopic (exact) mass is 183 g/mol. The maximum Gasteiger partial charge on any atom is 0.209 e. The molecule has 0 aliphatic carbocycles. The molecule has 0 saturated carbocycles. The molecule has 0 N–H and O–H groups in total. The lowest BCUT2D eigenvalue weighted by Gasteiger charge is -1.87. The zero-order valence-electron chi connectivity index (χ0n) is 7.19. The van der Waals surface area contributed by atoms with Gasteiger partial charge in [-0.1, -0.05) is 6.07 Å². The summed E-state index contributed by atoms with van der Waals surface area (Å²) in [6, 6.07) is 9.09. The van der Waals surface area contributed by atoms with E-state index >= 15 is 0 Å². The topological polar surface area (TPSA) is 73.6 Å². The molecule has 0 aliphatic heterocycles. The van der Waals surface area contributed by atoms with Gasteiger partial charge in [-0.3, -0.25) is 0 Å². The van der Waals surface area contributed by atoms with Gasteiger partial charge in [-0.25, -0.2) is 4.98 Å². The molecule has 0 atom stereocenters. The quantitative estimate of drug-likeness (QED) is 0.675. The summed E-state index contributed by atoms with van der Waals surface area (Å²) in [7, 11) is 0. The Bertz CT molecular complexity index is 557. The highest BCUT2D eigenvalue weighted by molar-refractivity contribution is 5.78. The Morgan fingerprint density at radius 1 is 1.36 bits per heavy atom. The van der Waals surface area contributed by atoms with Crippen molar-refractivity contribution in [2.75, 3.05) is 0 Å². The Morgan fingerprint density at radius 2 is 2.21 bits per heavy atom. The minimum atomic E-state index is 0.125. The molecular formula is C10H5N3O. The van der Waals surface area contributed by atoms with E-state index in [0.29, 0.717) is 22.6 Å². The van der Waals surface area contributed by atoms with Gasteiger partial charge in [-0.05, 0) is 12.1 Å². The molecule has 0 amide bonds. The molecule has 0 aliphatic rings. The highest BCUT2D eigenvalue weighted by Crippen LogP contribution is 2.19. The summed E-state index contributed by atoms with van der Waals surface area (Å²) in [6.45, 7) is 0. The standard InChI is InChI=1S/C10H5N3O/c11-5-4-9-13-8-3-1-2-7(6-12)10(8)14-9/h1-3H,4H2. The second-order valence-electron chi connectivity index (χ2n) is 2.71. The first-order valence-electron chi connectivity index (χ1n) is 4.00. The molecule has 0 bridgehead atoms. The molecule has 0 radical (unpaired) electrons. The van der Waals surface area contributed by atoms with Crippen LogP contribution >= 0.6 is 0 Å². The zero-order chi connectivity index (χ0) is 9.97. The fraction of sp³-hybridized carbons (Fsp3) is 0.100. The molecule has 0 fully saturated rings. The average Bonchev–Trinajstić information content (AvgIpc) is 2.60. The Kier molecular flexibility index (Phi) is 1.89. The molecule has 2 rings (SSSR count). The molecule has 0 unspecified atom stereocenters. The van der Waals surface area contributed by atoms with E-state index in [2.05, 4.69) is 4.98 Å². The number of oxazole rings is 1. The van der Waals surface area contributed by atoms with E-state index in [1.807, 2.05) is 12.1 Å². The Labute approximate surface area is 80.0 Å². The largest absolute Gasteiger partial charge is 0.438 e. The van der Waals surface area contributed by atoms with Gasteiger partial charge in [0.15, 0.2) is 5.58 Å². The Balaban J connectivity index is 2.67. The van der Waals surface area contributed by atoms with Crippen molar-refractivity contribution >= 4 is 11.1 Å². The molecule has 4 nitrogen and oxygen atoms in total. The van der Waals surface area contributed by atoms with Gasteiger partial charge in [0.05, 0.1) is 11.6 Å². The van der Waals surface area contributed by atoms with Gasteiger partial charge in [-0.2, -0.15) is 10.5 Å².